The molecule has 0 saturated carbocycles. The van der Waals surface area contributed by atoms with Gasteiger partial charge >= 0.3 is 0 Å². The Hall–Kier alpha value is -6.90. The third-order valence-corrected chi connectivity index (χ3v) is 10.7. The van der Waals surface area contributed by atoms with E-state index in [1.807, 2.05) is 18.2 Å². The molecular weight excluding hydrogens is 633 g/mol. The number of benzene rings is 9. The van der Waals surface area contributed by atoms with Crippen LogP contribution in [0, 0.1) is 0 Å². The fourth-order valence-corrected chi connectivity index (χ4v) is 8.35. The molecule has 2 heterocycles. The second kappa shape index (κ2) is 11.3. The van der Waals surface area contributed by atoms with Gasteiger partial charge in [-0.1, -0.05) is 146 Å². The standard InChI is InChI=1S/C50H30O2/c1-2-13-31(14-3-1)35-17-4-5-19-37(35)48-40-22-8-6-20-38(40)47(39-21-7-9-23-41(39)48)34-16-12-15-32(29-34)33-25-28-46-44(30-33)43-27-26-42-36-18-10-11-24-45(36)51-49(42)50(43)52-46/h1-30H. The van der Waals surface area contributed by atoms with Gasteiger partial charge in [-0.2, -0.15) is 0 Å². The van der Waals surface area contributed by atoms with Gasteiger partial charge in [-0.25, -0.2) is 0 Å². The van der Waals surface area contributed by atoms with Crippen LogP contribution < -0.4 is 0 Å². The van der Waals surface area contributed by atoms with Crippen molar-refractivity contribution in [2.75, 3.05) is 0 Å². The summed E-state index contributed by atoms with van der Waals surface area (Å²) >= 11 is 0. The summed E-state index contributed by atoms with van der Waals surface area (Å²) in [5, 5.41) is 9.28. The monoisotopic (exact) mass is 662 g/mol. The van der Waals surface area contributed by atoms with Crippen LogP contribution in [0.5, 0.6) is 0 Å². The first kappa shape index (κ1) is 28.9. The average Bonchev–Trinajstić information content (AvgIpc) is 3.79. The Bertz CT molecular complexity index is 3120. The zero-order valence-electron chi connectivity index (χ0n) is 28.1. The van der Waals surface area contributed by atoms with E-state index in [1.54, 1.807) is 0 Å². The number of rotatable bonds is 4. The van der Waals surface area contributed by atoms with E-state index in [-0.39, 0.29) is 0 Å². The predicted molar refractivity (Wildman–Crippen MR) is 218 cm³/mol. The lowest BCUT2D eigenvalue weighted by Crippen LogP contribution is -1.92. The minimum atomic E-state index is 0.793. The lowest BCUT2D eigenvalue weighted by atomic mass is 9.83. The predicted octanol–water partition coefficient (Wildman–Crippen LogP) is 14.5. The van der Waals surface area contributed by atoms with E-state index in [9.17, 15) is 0 Å². The van der Waals surface area contributed by atoms with Crippen molar-refractivity contribution in [3.8, 4) is 44.5 Å². The summed E-state index contributed by atoms with van der Waals surface area (Å²) in [6, 6.07) is 65.3. The molecule has 242 valence electrons. The van der Waals surface area contributed by atoms with Crippen molar-refractivity contribution in [2.24, 2.45) is 0 Å². The Morgan fingerprint density at radius 3 is 1.46 bits per heavy atom. The largest absolute Gasteiger partial charge is 0.452 e. The summed E-state index contributed by atoms with van der Waals surface area (Å²) in [5.41, 5.74) is 13.0. The van der Waals surface area contributed by atoms with Gasteiger partial charge in [0.15, 0.2) is 11.2 Å². The molecule has 0 spiro atoms. The summed E-state index contributed by atoms with van der Waals surface area (Å²) in [6.07, 6.45) is 0. The lowest BCUT2D eigenvalue weighted by molar-refractivity contribution is 0.633. The highest BCUT2D eigenvalue weighted by molar-refractivity contribution is 6.23. The van der Waals surface area contributed by atoms with Gasteiger partial charge in [0.1, 0.15) is 11.2 Å². The molecular formula is C50H30O2. The maximum atomic E-state index is 6.47. The highest BCUT2D eigenvalue weighted by Crippen LogP contribution is 2.47. The number of fused-ring (bicyclic) bond motifs is 9. The Morgan fingerprint density at radius 2 is 0.750 bits per heavy atom. The van der Waals surface area contributed by atoms with Crippen molar-refractivity contribution in [1.82, 2.24) is 0 Å². The third kappa shape index (κ3) is 4.31. The normalized spacial score (nSPS) is 11.8. The Morgan fingerprint density at radius 1 is 0.250 bits per heavy atom. The zero-order chi connectivity index (χ0) is 34.2. The molecule has 0 radical (unpaired) electrons. The van der Waals surface area contributed by atoms with Gasteiger partial charge in [-0.15, -0.1) is 0 Å². The Balaban J connectivity index is 1.10. The molecule has 0 aliphatic heterocycles. The molecule has 0 bridgehead atoms. The van der Waals surface area contributed by atoms with E-state index in [4.69, 9.17) is 8.83 Å². The minimum Gasteiger partial charge on any atom is -0.452 e. The van der Waals surface area contributed by atoms with Gasteiger partial charge < -0.3 is 8.83 Å². The van der Waals surface area contributed by atoms with Crippen LogP contribution in [-0.2, 0) is 0 Å². The Kier molecular flexibility index (Phi) is 6.28. The molecule has 0 aliphatic carbocycles. The molecule has 11 aromatic rings. The van der Waals surface area contributed by atoms with Crippen molar-refractivity contribution in [2.45, 2.75) is 0 Å². The summed E-state index contributed by atoms with van der Waals surface area (Å²) in [4.78, 5) is 0. The van der Waals surface area contributed by atoms with Crippen molar-refractivity contribution in [1.29, 1.82) is 0 Å². The van der Waals surface area contributed by atoms with E-state index in [0.717, 1.165) is 55.0 Å². The fourth-order valence-electron chi connectivity index (χ4n) is 8.35. The SMILES string of the molecule is c1ccc(-c2ccccc2-c2c3ccccc3c(-c3cccc(-c4ccc5oc6c(ccc7c8ccccc8oc76)c5c4)c3)c3ccccc23)cc1. The van der Waals surface area contributed by atoms with Crippen molar-refractivity contribution >= 4 is 65.4 Å². The van der Waals surface area contributed by atoms with Crippen LogP contribution in [0.3, 0.4) is 0 Å². The van der Waals surface area contributed by atoms with Crippen LogP contribution in [0.15, 0.2) is 191 Å². The van der Waals surface area contributed by atoms with Gasteiger partial charge in [-0.05, 0) is 102 Å². The highest BCUT2D eigenvalue weighted by Gasteiger charge is 2.20. The first-order valence-corrected chi connectivity index (χ1v) is 17.8. The third-order valence-electron chi connectivity index (χ3n) is 10.7. The highest BCUT2D eigenvalue weighted by atomic mass is 16.4. The maximum Gasteiger partial charge on any atom is 0.178 e. The topological polar surface area (TPSA) is 26.3 Å². The van der Waals surface area contributed by atoms with Gasteiger partial charge in [0.25, 0.3) is 0 Å². The lowest BCUT2D eigenvalue weighted by Gasteiger charge is -2.20. The van der Waals surface area contributed by atoms with E-state index >= 15 is 0 Å². The van der Waals surface area contributed by atoms with Gasteiger partial charge in [-0.3, -0.25) is 0 Å². The second-order valence-electron chi connectivity index (χ2n) is 13.6. The molecule has 0 saturated heterocycles. The van der Waals surface area contributed by atoms with E-state index in [2.05, 4.69) is 164 Å². The van der Waals surface area contributed by atoms with Crippen LogP contribution in [-0.4, -0.2) is 0 Å². The average molecular weight is 663 g/mol. The second-order valence-corrected chi connectivity index (χ2v) is 13.6. The van der Waals surface area contributed by atoms with Crippen LogP contribution in [0.2, 0.25) is 0 Å². The molecule has 0 atom stereocenters. The molecule has 0 N–H and O–H groups in total. The fraction of sp³-hybridized carbons (Fsp3) is 0. The number of hydrogen-bond donors (Lipinski definition) is 0. The number of furan rings is 2. The van der Waals surface area contributed by atoms with Gasteiger partial charge in [0, 0.05) is 21.5 Å². The first-order chi connectivity index (χ1) is 25.8. The molecule has 2 heteroatoms. The summed E-state index contributed by atoms with van der Waals surface area (Å²) < 4.78 is 12.8. The van der Waals surface area contributed by atoms with Crippen LogP contribution >= 0.6 is 0 Å². The van der Waals surface area contributed by atoms with Crippen LogP contribution in [0.25, 0.3) is 110 Å². The smallest absolute Gasteiger partial charge is 0.178 e. The maximum absolute atomic E-state index is 6.47. The minimum absolute atomic E-state index is 0.793. The van der Waals surface area contributed by atoms with Crippen LogP contribution in [0.1, 0.15) is 0 Å². The first-order valence-electron chi connectivity index (χ1n) is 17.8. The van der Waals surface area contributed by atoms with Crippen molar-refractivity contribution in [3.05, 3.63) is 182 Å². The quantitative estimate of drug-likeness (QED) is 0.175. The zero-order valence-corrected chi connectivity index (χ0v) is 28.1. The van der Waals surface area contributed by atoms with Gasteiger partial charge in [0.05, 0.1) is 0 Å². The summed E-state index contributed by atoms with van der Waals surface area (Å²) in [6.45, 7) is 0. The molecule has 0 unspecified atom stereocenters. The molecule has 0 amide bonds. The number of hydrogen-bond acceptors (Lipinski definition) is 2. The van der Waals surface area contributed by atoms with Crippen LogP contribution in [0.4, 0.5) is 0 Å². The van der Waals surface area contributed by atoms with E-state index < -0.39 is 0 Å². The van der Waals surface area contributed by atoms with Crippen molar-refractivity contribution in [3.63, 3.8) is 0 Å². The molecule has 9 aromatic carbocycles. The van der Waals surface area contributed by atoms with E-state index in [1.165, 1.54) is 54.9 Å². The molecule has 0 aliphatic rings. The molecule has 52 heavy (non-hydrogen) atoms. The van der Waals surface area contributed by atoms with E-state index in [0.29, 0.717) is 0 Å². The molecule has 0 fully saturated rings. The summed E-state index contributed by atoms with van der Waals surface area (Å²) in [5.74, 6) is 0. The molecule has 2 nitrogen and oxygen atoms in total. The molecule has 2 aromatic heterocycles. The van der Waals surface area contributed by atoms with Crippen molar-refractivity contribution < 1.29 is 8.83 Å². The number of para-hydroxylation sites is 1. The Labute approximate surface area is 299 Å². The van der Waals surface area contributed by atoms with Gasteiger partial charge in [0.2, 0.25) is 0 Å². The summed E-state index contributed by atoms with van der Waals surface area (Å²) in [7, 11) is 0. The molecule has 11 rings (SSSR count).